The number of aryl methyl sites for hydroxylation is 1. The zero-order valence-corrected chi connectivity index (χ0v) is 12.6. The Morgan fingerprint density at radius 3 is 2.94 bits per heavy atom. The quantitative estimate of drug-likeness (QED) is 0.858. The summed E-state index contributed by atoms with van der Waals surface area (Å²) in [5, 5.41) is 4.52. The van der Waals surface area contributed by atoms with Crippen molar-refractivity contribution in [3.8, 4) is 0 Å². The molecule has 0 aliphatic carbocycles. The number of rotatable bonds is 6. The van der Waals surface area contributed by atoms with Gasteiger partial charge in [0.05, 0.1) is 5.69 Å². The minimum absolute atomic E-state index is 0.716. The number of hydrogen-bond acceptors (Lipinski definition) is 4. The molecule has 1 aromatic heterocycles. The van der Waals surface area contributed by atoms with Crippen molar-refractivity contribution in [2.24, 2.45) is 0 Å². The average Bonchev–Trinajstić information content (AvgIpc) is 2.97. The molecule has 1 saturated heterocycles. The van der Waals surface area contributed by atoms with Gasteiger partial charge < -0.3 is 10.2 Å². The van der Waals surface area contributed by atoms with Crippen LogP contribution in [-0.4, -0.2) is 24.6 Å². The Morgan fingerprint density at radius 2 is 2.28 bits per heavy atom. The first kappa shape index (κ1) is 13.8. The molecule has 2 rings (SSSR count). The molecule has 0 amide bonds. The Labute approximate surface area is 115 Å². The lowest BCUT2D eigenvalue weighted by atomic mass is 10.2. The van der Waals surface area contributed by atoms with E-state index in [4.69, 9.17) is 4.98 Å². The van der Waals surface area contributed by atoms with Gasteiger partial charge in [-0.2, -0.15) is 0 Å². The Balaban J connectivity index is 2.19. The van der Waals surface area contributed by atoms with Gasteiger partial charge in [-0.3, -0.25) is 0 Å². The monoisotopic (exact) mass is 267 g/mol. The molecule has 1 N–H and O–H groups in total. The first-order valence-corrected chi connectivity index (χ1v) is 8.01. The Morgan fingerprint density at radius 1 is 1.44 bits per heavy atom. The minimum Gasteiger partial charge on any atom is -0.345 e. The van der Waals surface area contributed by atoms with Gasteiger partial charge in [-0.15, -0.1) is 11.3 Å². The van der Waals surface area contributed by atoms with E-state index >= 15 is 0 Å². The van der Waals surface area contributed by atoms with Crippen LogP contribution >= 0.6 is 11.3 Å². The molecule has 0 radical (unpaired) electrons. The molecule has 18 heavy (non-hydrogen) atoms. The van der Waals surface area contributed by atoms with Crippen LogP contribution in [0.4, 0.5) is 5.13 Å². The van der Waals surface area contributed by atoms with Gasteiger partial charge in [0.2, 0.25) is 0 Å². The first-order chi connectivity index (χ1) is 8.80. The van der Waals surface area contributed by atoms with Crippen molar-refractivity contribution in [1.29, 1.82) is 0 Å². The zero-order valence-electron chi connectivity index (χ0n) is 11.8. The summed E-state index contributed by atoms with van der Waals surface area (Å²) in [5.74, 6) is 0. The normalized spacial score (nSPS) is 19.7. The van der Waals surface area contributed by atoms with E-state index in [1.165, 1.54) is 47.9 Å². The van der Waals surface area contributed by atoms with Crippen molar-refractivity contribution in [1.82, 2.24) is 10.3 Å². The number of hydrogen-bond donors (Lipinski definition) is 1. The third kappa shape index (κ3) is 2.86. The lowest BCUT2D eigenvalue weighted by Gasteiger charge is -2.22. The molecule has 1 atom stereocenters. The summed E-state index contributed by atoms with van der Waals surface area (Å²) in [6.07, 6.45) is 6.18. The van der Waals surface area contributed by atoms with Crippen molar-refractivity contribution in [3.63, 3.8) is 0 Å². The third-order valence-corrected chi connectivity index (χ3v) is 4.82. The summed E-state index contributed by atoms with van der Waals surface area (Å²) in [6.45, 7) is 6.67. The van der Waals surface area contributed by atoms with Crippen LogP contribution in [0.25, 0.3) is 0 Å². The van der Waals surface area contributed by atoms with E-state index in [1.54, 1.807) is 0 Å². The predicted octanol–water partition coefficient (Wildman–Crippen LogP) is 3.19. The number of nitrogens with one attached hydrogen (secondary N) is 1. The van der Waals surface area contributed by atoms with Gasteiger partial charge in [0.15, 0.2) is 5.13 Å². The molecule has 0 saturated carbocycles. The van der Waals surface area contributed by atoms with Crippen molar-refractivity contribution in [2.45, 2.75) is 58.5 Å². The van der Waals surface area contributed by atoms with Crippen LogP contribution in [0.1, 0.15) is 50.1 Å². The smallest absolute Gasteiger partial charge is 0.186 e. The molecule has 3 nitrogen and oxygen atoms in total. The fraction of sp³-hybridized carbons (Fsp3) is 0.786. The van der Waals surface area contributed by atoms with Gasteiger partial charge in [-0.25, -0.2) is 4.98 Å². The van der Waals surface area contributed by atoms with Crippen LogP contribution in [0.5, 0.6) is 0 Å². The largest absolute Gasteiger partial charge is 0.345 e. The van der Waals surface area contributed by atoms with Crippen LogP contribution in [0, 0.1) is 0 Å². The van der Waals surface area contributed by atoms with E-state index in [2.05, 4.69) is 24.1 Å². The van der Waals surface area contributed by atoms with E-state index < -0.39 is 0 Å². The van der Waals surface area contributed by atoms with E-state index in [0.29, 0.717) is 6.04 Å². The number of aromatic nitrogens is 1. The number of nitrogens with zero attached hydrogens (tertiary/aromatic N) is 2. The molecule has 0 aromatic carbocycles. The topological polar surface area (TPSA) is 28.2 Å². The molecule has 1 aromatic rings. The average molecular weight is 267 g/mol. The molecule has 1 fully saturated rings. The number of thiazole rings is 1. The van der Waals surface area contributed by atoms with Crippen LogP contribution in [0.15, 0.2) is 0 Å². The van der Waals surface area contributed by atoms with Crippen molar-refractivity contribution in [3.05, 3.63) is 10.6 Å². The molecule has 1 aliphatic heterocycles. The van der Waals surface area contributed by atoms with Gasteiger partial charge >= 0.3 is 0 Å². The molecule has 0 spiro atoms. The Bertz CT molecular complexity index is 352. The molecular weight excluding hydrogens is 242 g/mol. The maximum atomic E-state index is 4.90. The molecule has 1 unspecified atom stereocenters. The highest BCUT2D eigenvalue weighted by atomic mass is 32.1. The van der Waals surface area contributed by atoms with Gasteiger partial charge in [0.25, 0.3) is 0 Å². The predicted molar refractivity (Wildman–Crippen MR) is 79.5 cm³/mol. The molecule has 4 heteroatoms. The molecule has 0 bridgehead atoms. The molecule has 102 valence electrons. The second-order valence-corrected chi connectivity index (χ2v) is 6.11. The number of anilines is 1. The summed E-state index contributed by atoms with van der Waals surface area (Å²) in [7, 11) is 2.01. The van der Waals surface area contributed by atoms with Gasteiger partial charge in [0.1, 0.15) is 0 Å². The van der Waals surface area contributed by atoms with Gasteiger partial charge in [-0.05, 0) is 32.7 Å². The highest BCUT2D eigenvalue weighted by Gasteiger charge is 2.26. The summed E-state index contributed by atoms with van der Waals surface area (Å²) >= 11 is 1.89. The van der Waals surface area contributed by atoms with Crippen LogP contribution in [0.3, 0.4) is 0 Å². The highest BCUT2D eigenvalue weighted by molar-refractivity contribution is 7.15. The van der Waals surface area contributed by atoms with Crippen molar-refractivity contribution in [2.75, 3.05) is 18.5 Å². The van der Waals surface area contributed by atoms with E-state index in [0.717, 1.165) is 13.0 Å². The second-order valence-electron chi connectivity index (χ2n) is 5.04. The van der Waals surface area contributed by atoms with E-state index in [1.807, 2.05) is 18.4 Å². The molecular formula is C14H25N3S. The highest BCUT2D eigenvalue weighted by Crippen LogP contribution is 2.33. The summed E-state index contributed by atoms with van der Waals surface area (Å²) in [4.78, 5) is 8.86. The molecule has 2 heterocycles. The van der Waals surface area contributed by atoms with Crippen LogP contribution in [0.2, 0.25) is 0 Å². The first-order valence-electron chi connectivity index (χ1n) is 7.19. The van der Waals surface area contributed by atoms with Crippen molar-refractivity contribution < 1.29 is 0 Å². The Kier molecular flexibility index (Phi) is 5.01. The lowest BCUT2D eigenvalue weighted by molar-refractivity contribution is 0.643. The van der Waals surface area contributed by atoms with Gasteiger partial charge in [-0.1, -0.05) is 20.3 Å². The standard InChI is InChI=1S/C14H25N3S/c1-4-7-12-13(10-15-3)18-14(16-12)17-9-6-8-11(17)5-2/h11,15H,4-10H2,1-3H3. The molecule has 1 aliphatic rings. The van der Waals surface area contributed by atoms with E-state index in [-0.39, 0.29) is 0 Å². The lowest BCUT2D eigenvalue weighted by Crippen LogP contribution is -2.28. The fourth-order valence-electron chi connectivity index (χ4n) is 2.74. The van der Waals surface area contributed by atoms with Gasteiger partial charge in [0, 0.05) is 24.0 Å². The summed E-state index contributed by atoms with van der Waals surface area (Å²) < 4.78 is 0. The zero-order chi connectivity index (χ0) is 13.0. The second kappa shape index (κ2) is 6.53. The maximum Gasteiger partial charge on any atom is 0.186 e. The fourth-order valence-corrected chi connectivity index (χ4v) is 3.95. The van der Waals surface area contributed by atoms with E-state index in [9.17, 15) is 0 Å². The van der Waals surface area contributed by atoms with Crippen LogP contribution < -0.4 is 10.2 Å². The SMILES string of the molecule is CCCc1nc(N2CCCC2CC)sc1CNC. The Hall–Kier alpha value is -0.610. The van der Waals surface area contributed by atoms with Crippen molar-refractivity contribution >= 4 is 16.5 Å². The summed E-state index contributed by atoms with van der Waals surface area (Å²) in [6, 6.07) is 0.716. The maximum absolute atomic E-state index is 4.90. The third-order valence-electron chi connectivity index (χ3n) is 3.69. The minimum atomic E-state index is 0.716. The summed E-state index contributed by atoms with van der Waals surface area (Å²) in [5.41, 5.74) is 1.31. The van der Waals surface area contributed by atoms with Crippen LogP contribution in [-0.2, 0) is 13.0 Å².